The fourth-order valence-corrected chi connectivity index (χ4v) is 8.06. The van der Waals surface area contributed by atoms with Crippen molar-refractivity contribution in [2.75, 3.05) is 59.6 Å². The molecule has 0 unspecified atom stereocenters. The number of aliphatic hydroxyl groups excluding tert-OH is 1. The number of aromatic nitrogens is 1. The average molecular weight is 717 g/mol. The van der Waals surface area contributed by atoms with Gasteiger partial charge in [0.1, 0.15) is 5.75 Å². The van der Waals surface area contributed by atoms with E-state index in [4.69, 9.17) is 14.2 Å². The second kappa shape index (κ2) is 16.2. The third-order valence-electron chi connectivity index (χ3n) is 9.35. The summed E-state index contributed by atoms with van der Waals surface area (Å²) in [4.78, 5) is 30.7. The van der Waals surface area contributed by atoms with Gasteiger partial charge in [0.15, 0.2) is 5.76 Å². The fourth-order valence-electron chi connectivity index (χ4n) is 6.64. The highest BCUT2D eigenvalue weighted by atomic mass is 32.2. The molecular weight excluding hydrogens is 673 g/mol. The normalized spacial score (nSPS) is 18.4. The second-order valence-electron chi connectivity index (χ2n) is 12.6. The van der Waals surface area contributed by atoms with Crippen molar-refractivity contribution in [3.05, 3.63) is 108 Å². The zero-order valence-corrected chi connectivity index (χ0v) is 29.7. The van der Waals surface area contributed by atoms with Gasteiger partial charge in [-0.05, 0) is 47.5 Å². The standard InChI is InChI=1S/C38H44N4O8S/c1-28(44)42-27-34(33-10-6-7-11-35(33)42)30-24-36(38(45)40-18-16-39(17-19-40)26-29-8-4-3-5-9-29)50-37(25-30)49-23-21-41(20-22-43)51(46,47)32-14-12-31(48-2)13-15-32/h3-15,24,27,30,37,43H,16-23,25-26H2,1-2H3/t30-,37+/m1/s1. The summed E-state index contributed by atoms with van der Waals surface area (Å²) in [6, 6.07) is 23.9. The Bertz CT molecular complexity index is 1950. The summed E-state index contributed by atoms with van der Waals surface area (Å²) in [7, 11) is -2.45. The number of para-hydroxylation sites is 1. The minimum absolute atomic E-state index is 0.0540. The molecule has 0 spiro atoms. The van der Waals surface area contributed by atoms with Crippen molar-refractivity contribution in [3.63, 3.8) is 0 Å². The second-order valence-corrected chi connectivity index (χ2v) is 14.6. The van der Waals surface area contributed by atoms with Gasteiger partial charge in [0, 0.05) is 76.7 Å². The van der Waals surface area contributed by atoms with Crippen LogP contribution in [-0.2, 0) is 30.8 Å². The van der Waals surface area contributed by atoms with E-state index in [2.05, 4.69) is 17.0 Å². The number of aliphatic hydroxyl groups is 1. The number of piperazine rings is 1. The fraction of sp³-hybridized carbons (Fsp3) is 0.368. The van der Waals surface area contributed by atoms with E-state index in [1.54, 1.807) is 21.6 Å². The largest absolute Gasteiger partial charge is 0.497 e. The molecule has 2 atom stereocenters. The minimum atomic E-state index is -3.95. The Morgan fingerprint density at radius 3 is 2.33 bits per heavy atom. The molecule has 0 bridgehead atoms. The van der Waals surface area contributed by atoms with Crippen LogP contribution in [0.5, 0.6) is 5.75 Å². The van der Waals surface area contributed by atoms with Crippen molar-refractivity contribution in [1.29, 1.82) is 0 Å². The predicted molar refractivity (Wildman–Crippen MR) is 192 cm³/mol. The number of amides is 1. The van der Waals surface area contributed by atoms with Crippen LogP contribution in [0.1, 0.15) is 35.2 Å². The molecule has 0 aliphatic carbocycles. The first-order chi connectivity index (χ1) is 24.7. The third-order valence-corrected chi connectivity index (χ3v) is 11.3. The topological polar surface area (TPSA) is 131 Å². The van der Waals surface area contributed by atoms with Gasteiger partial charge in [-0.3, -0.25) is 19.1 Å². The summed E-state index contributed by atoms with van der Waals surface area (Å²) < 4.78 is 47.2. The van der Waals surface area contributed by atoms with Crippen LogP contribution in [0.3, 0.4) is 0 Å². The molecule has 2 aliphatic heterocycles. The van der Waals surface area contributed by atoms with Gasteiger partial charge in [-0.2, -0.15) is 4.31 Å². The Balaban J connectivity index is 1.20. The lowest BCUT2D eigenvalue weighted by atomic mass is 9.92. The molecule has 13 heteroatoms. The number of methoxy groups -OCH3 is 1. The number of sulfonamides is 1. The number of allylic oxidation sites excluding steroid dienone is 1. The molecule has 2 aliphatic rings. The van der Waals surface area contributed by atoms with E-state index in [-0.39, 0.29) is 54.7 Å². The lowest BCUT2D eigenvalue weighted by molar-refractivity contribution is -0.153. The molecule has 51 heavy (non-hydrogen) atoms. The zero-order chi connectivity index (χ0) is 36.0. The van der Waals surface area contributed by atoms with Gasteiger partial charge in [0.05, 0.1) is 30.7 Å². The van der Waals surface area contributed by atoms with E-state index in [1.165, 1.54) is 31.7 Å². The van der Waals surface area contributed by atoms with Gasteiger partial charge in [0.2, 0.25) is 22.2 Å². The van der Waals surface area contributed by atoms with Crippen molar-refractivity contribution < 1.29 is 37.3 Å². The highest BCUT2D eigenvalue weighted by molar-refractivity contribution is 7.89. The first kappa shape index (κ1) is 36.3. The molecule has 6 rings (SSSR count). The van der Waals surface area contributed by atoms with Crippen LogP contribution in [-0.4, -0.2) is 110 Å². The molecule has 1 fully saturated rings. The summed E-state index contributed by atoms with van der Waals surface area (Å²) in [6.07, 6.45) is 3.08. The van der Waals surface area contributed by atoms with Crippen LogP contribution in [0.25, 0.3) is 10.9 Å². The Morgan fingerprint density at radius 1 is 0.941 bits per heavy atom. The number of rotatable bonds is 13. The first-order valence-electron chi connectivity index (χ1n) is 17.1. The maximum absolute atomic E-state index is 14.0. The molecule has 0 radical (unpaired) electrons. The van der Waals surface area contributed by atoms with Crippen molar-refractivity contribution in [2.45, 2.75) is 37.0 Å². The zero-order valence-electron chi connectivity index (χ0n) is 28.9. The number of carbonyl (C=O) groups is 2. The Hall–Kier alpha value is -4.53. The summed E-state index contributed by atoms with van der Waals surface area (Å²) in [5.74, 6) is -0.0246. The number of hydrogen-bond acceptors (Lipinski definition) is 9. The van der Waals surface area contributed by atoms with E-state index in [0.717, 1.165) is 27.3 Å². The monoisotopic (exact) mass is 716 g/mol. The van der Waals surface area contributed by atoms with E-state index in [9.17, 15) is 23.1 Å². The maximum Gasteiger partial charge on any atom is 0.288 e. The molecule has 3 aromatic carbocycles. The number of ether oxygens (including phenoxy) is 3. The van der Waals surface area contributed by atoms with Crippen LogP contribution in [0.4, 0.5) is 0 Å². The van der Waals surface area contributed by atoms with Crippen molar-refractivity contribution in [3.8, 4) is 5.75 Å². The van der Waals surface area contributed by atoms with Crippen LogP contribution in [0, 0.1) is 0 Å². The molecule has 3 heterocycles. The minimum Gasteiger partial charge on any atom is -0.497 e. The lowest BCUT2D eigenvalue weighted by Gasteiger charge is -2.36. The van der Waals surface area contributed by atoms with E-state index in [0.29, 0.717) is 38.3 Å². The molecule has 1 amide bonds. The highest BCUT2D eigenvalue weighted by Gasteiger charge is 2.34. The van der Waals surface area contributed by atoms with Crippen molar-refractivity contribution in [2.24, 2.45) is 0 Å². The van der Waals surface area contributed by atoms with Crippen LogP contribution in [0.15, 0.2) is 102 Å². The van der Waals surface area contributed by atoms with Crippen molar-refractivity contribution >= 4 is 32.7 Å². The van der Waals surface area contributed by atoms with Crippen molar-refractivity contribution in [1.82, 2.24) is 18.7 Å². The highest BCUT2D eigenvalue weighted by Crippen LogP contribution is 2.37. The van der Waals surface area contributed by atoms with E-state index < -0.39 is 16.3 Å². The third kappa shape index (κ3) is 8.35. The molecule has 1 aromatic heterocycles. The summed E-state index contributed by atoms with van der Waals surface area (Å²) in [6.45, 7) is 4.19. The maximum atomic E-state index is 14.0. The summed E-state index contributed by atoms with van der Waals surface area (Å²) in [5.41, 5.74) is 2.85. The first-order valence-corrected chi connectivity index (χ1v) is 18.5. The van der Waals surface area contributed by atoms with Crippen LogP contribution < -0.4 is 4.74 Å². The predicted octanol–water partition coefficient (Wildman–Crippen LogP) is 4.07. The molecule has 1 N–H and O–H groups in total. The smallest absolute Gasteiger partial charge is 0.288 e. The number of fused-ring (bicyclic) bond motifs is 1. The molecule has 1 saturated heterocycles. The molecule has 12 nitrogen and oxygen atoms in total. The van der Waals surface area contributed by atoms with Crippen LogP contribution in [0.2, 0.25) is 0 Å². The SMILES string of the molecule is COc1ccc(S(=O)(=O)N(CCO)CCO[C@@H]2C[C@H](c3cn(C(C)=O)c4ccccc34)C=C(C(=O)N3CCN(Cc4ccccc4)CC3)O2)cc1. The van der Waals surface area contributed by atoms with Gasteiger partial charge >= 0.3 is 0 Å². The van der Waals surface area contributed by atoms with Gasteiger partial charge in [-0.1, -0.05) is 48.5 Å². The lowest BCUT2D eigenvalue weighted by Crippen LogP contribution is -2.49. The average Bonchev–Trinajstić information content (AvgIpc) is 3.55. The molecule has 4 aromatic rings. The Morgan fingerprint density at radius 2 is 1.65 bits per heavy atom. The molecule has 0 saturated carbocycles. The molecular formula is C38H44N4O8S. The Labute approximate surface area is 298 Å². The van der Waals surface area contributed by atoms with E-state index >= 15 is 0 Å². The molecule has 270 valence electrons. The number of carbonyl (C=O) groups excluding carboxylic acids is 2. The quantitative estimate of drug-likeness (QED) is 0.218. The number of nitrogens with zero attached hydrogens (tertiary/aromatic N) is 4. The van der Waals surface area contributed by atoms with Crippen LogP contribution >= 0.6 is 0 Å². The Kier molecular flexibility index (Phi) is 11.5. The number of hydrogen-bond donors (Lipinski definition) is 1. The summed E-state index contributed by atoms with van der Waals surface area (Å²) in [5, 5.41) is 10.6. The van der Waals surface area contributed by atoms with Gasteiger partial charge in [-0.15, -0.1) is 0 Å². The van der Waals surface area contributed by atoms with Gasteiger partial charge < -0.3 is 24.2 Å². The number of benzene rings is 3. The van der Waals surface area contributed by atoms with Gasteiger partial charge in [0.25, 0.3) is 5.91 Å². The van der Waals surface area contributed by atoms with E-state index in [1.807, 2.05) is 54.7 Å². The van der Waals surface area contributed by atoms with Gasteiger partial charge in [-0.25, -0.2) is 8.42 Å². The summed E-state index contributed by atoms with van der Waals surface area (Å²) >= 11 is 0.